The Balaban J connectivity index is 2.81. The van der Waals surface area contributed by atoms with E-state index in [1.165, 1.54) is 4.89 Å². The maximum atomic E-state index is 12.7. The van der Waals surface area contributed by atoms with Gasteiger partial charge in [-0.25, -0.2) is 12.8 Å². The SMILES string of the molecule is O=S(=O)(NOCC(F)(F)F)c1ccc(F)cc1Br. The minimum Gasteiger partial charge on any atom is -0.277 e. The standard InChI is InChI=1S/C8H6BrF4NO3S/c9-6-3-5(10)1-2-7(6)18(15,16)14-17-4-8(11,12)13/h1-3,14H,4H2. The van der Waals surface area contributed by atoms with E-state index in [4.69, 9.17) is 0 Å². The van der Waals surface area contributed by atoms with Crippen molar-refractivity contribution < 1.29 is 30.8 Å². The first-order chi connectivity index (χ1) is 8.12. The number of nitrogens with one attached hydrogen (secondary N) is 1. The zero-order chi connectivity index (χ0) is 14.0. The second-order valence-electron chi connectivity index (χ2n) is 3.07. The molecule has 1 N–H and O–H groups in total. The van der Waals surface area contributed by atoms with E-state index in [9.17, 15) is 26.0 Å². The van der Waals surface area contributed by atoms with E-state index in [1.54, 1.807) is 0 Å². The predicted molar refractivity (Wildman–Crippen MR) is 56.4 cm³/mol. The number of hydrogen-bond donors (Lipinski definition) is 1. The van der Waals surface area contributed by atoms with Crippen LogP contribution in [0.25, 0.3) is 0 Å². The van der Waals surface area contributed by atoms with Crippen LogP contribution in [0.2, 0.25) is 0 Å². The average molecular weight is 352 g/mol. The molecule has 0 aromatic heterocycles. The minimum atomic E-state index is -4.66. The molecule has 0 aliphatic heterocycles. The Morgan fingerprint density at radius 1 is 1.33 bits per heavy atom. The highest BCUT2D eigenvalue weighted by atomic mass is 79.9. The highest BCUT2D eigenvalue weighted by Gasteiger charge is 2.29. The molecule has 0 saturated carbocycles. The van der Waals surface area contributed by atoms with Crippen LogP contribution in [0.3, 0.4) is 0 Å². The number of rotatable bonds is 4. The van der Waals surface area contributed by atoms with Gasteiger partial charge in [0.1, 0.15) is 5.82 Å². The van der Waals surface area contributed by atoms with Crippen LogP contribution in [-0.2, 0) is 14.9 Å². The zero-order valence-electron chi connectivity index (χ0n) is 8.46. The van der Waals surface area contributed by atoms with Crippen LogP contribution in [0.15, 0.2) is 27.6 Å². The fourth-order valence-electron chi connectivity index (χ4n) is 0.927. The van der Waals surface area contributed by atoms with E-state index in [0.29, 0.717) is 0 Å². The van der Waals surface area contributed by atoms with Gasteiger partial charge < -0.3 is 0 Å². The first kappa shape index (κ1) is 15.3. The van der Waals surface area contributed by atoms with Crippen molar-refractivity contribution in [1.82, 2.24) is 4.89 Å². The second kappa shape index (κ2) is 5.51. The maximum Gasteiger partial charge on any atom is 0.413 e. The lowest BCUT2D eigenvalue weighted by Gasteiger charge is -2.10. The molecule has 0 atom stereocenters. The van der Waals surface area contributed by atoms with Crippen LogP contribution in [-0.4, -0.2) is 21.2 Å². The maximum absolute atomic E-state index is 12.7. The van der Waals surface area contributed by atoms with Crippen LogP contribution in [0, 0.1) is 5.82 Å². The zero-order valence-corrected chi connectivity index (χ0v) is 10.9. The molecule has 0 unspecified atom stereocenters. The van der Waals surface area contributed by atoms with Gasteiger partial charge in [-0.3, -0.25) is 4.84 Å². The van der Waals surface area contributed by atoms with Gasteiger partial charge in [0.2, 0.25) is 0 Å². The monoisotopic (exact) mass is 351 g/mol. The molecule has 10 heteroatoms. The second-order valence-corrected chi connectivity index (χ2v) is 5.53. The topological polar surface area (TPSA) is 55.4 Å². The highest BCUT2D eigenvalue weighted by molar-refractivity contribution is 9.10. The third-order valence-corrected chi connectivity index (χ3v) is 3.78. The summed E-state index contributed by atoms with van der Waals surface area (Å²) in [7, 11) is -4.32. The molecule has 0 amide bonds. The molecule has 0 saturated heterocycles. The number of sulfonamides is 1. The molecule has 0 fully saturated rings. The molecule has 1 rings (SSSR count). The lowest BCUT2D eigenvalue weighted by atomic mass is 10.3. The lowest BCUT2D eigenvalue weighted by Crippen LogP contribution is -2.29. The molecule has 0 radical (unpaired) electrons. The third kappa shape index (κ3) is 4.52. The minimum absolute atomic E-state index is 0.134. The summed E-state index contributed by atoms with van der Waals surface area (Å²) in [5, 5.41) is 0. The average Bonchev–Trinajstić information content (AvgIpc) is 2.13. The first-order valence-corrected chi connectivity index (χ1v) is 6.55. The van der Waals surface area contributed by atoms with Crippen molar-refractivity contribution in [2.75, 3.05) is 6.61 Å². The van der Waals surface area contributed by atoms with Crippen LogP contribution >= 0.6 is 15.9 Å². The van der Waals surface area contributed by atoms with E-state index in [0.717, 1.165) is 18.2 Å². The summed E-state index contributed by atoms with van der Waals surface area (Å²) < 4.78 is 70.8. The van der Waals surface area contributed by atoms with E-state index >= 15 is 0 Å². The number of hydrogen-bond acceptors (Lipinski definition) is 3. The van der Waals surface area contributed by atoms with Crippen molar-refractivity contribution in [2.24, 2.45) is 0 Å². The Morgan fingerprint density at radius 3 is 2.44 bits per heavy atom. The quantitative estimate of drug-likeness (QED) is 0.669. The molecule has 18 heavy (non-hydrogen) atoms. The molecule has 0 aliphatic carbocycles. The third-order valence-electron chi connectivity index (χ3n) is 1.59. The van der Waals surface area contributed by atoms with Gasteiger partial charge in [0, 0.05) is 4.47 Å². The van der Waals surface area contributed by atoms with Gasteiger partial charge in [0.25, 0.3) is 10.0 Å². The molecule has 0 heterocycles. The summed E-state index contributed by atoms with van der Waals surface area (Å²) in [5.41, 5.74) is 0. The van der Waals surface area contributed by atoms with Crippen LogP contribution < -0.4 is 4.89 Å². The van der Waals surface area contributed by atoms with Crippen molar-refractivity contribution >= 4 is 26.0 Å². The van der Waals surface area contributed by atoms with Gasteiger partial charge in [-0.1, -0.05) is 4.89 Å². The highest BCUT2D eigenvalue weighted by Crippen LogP contribution is 2.23. The van der Waals surface area contributed by atoms with E-state index in [2.05, 4.69) is 20.8 Å². The van der Waals surface area contributed by atoms with Gasteiger partial charge in [0.15, 0.2) is 6.61 Å². The molecule has 1 aromatic carbocycles. The molecule has 1 aromatic rings. The molecule has 0 spiro atoms. The Kier molecular flexibility index (Phi) is 4.70. The Morgan fingerprint density at radius 2 is 1.94 bits per heavy atom. The van der Waals surface area contributed by atoms with Gasteiger partial charge in [-0.2, -0.15) is 13.2 Å². The summed E-state index contributed by atoms with van der Waals surface area (Å²) in [6, 6.07) is 2.60. The summed E-state index contributed by atoms with van der Waals surface area (Å²) in [6.07, 6.45) is -4.66. The van der Waals surface area contributed by atoms with E-state index in [-0.39, 0.29) is 4.47 Å². The summed E-state index contributed by atoms with van der Waals surface area (Å²) in [4.78, 5) is 4.68. The van der Waals surface area contributed by atoms with Gasteiger partial charge in [0.05, 0.1) is 4.90 Å². The Labute approximate surface area is 108 Å². The number of halogens is 5. The van der Waals surface area contributed by atoms with Gasteiger partial charge in [-0.05, 0) is 34.1 Å². The van der Waals surface area contributed by atoms with Crippen molar-refractivity contribution in [3.8, 4) is 0 Å². The molecular formula is C8H6BrF4NO3S. The fourth-order valence-corrected chi connectivity index (χ4v) is 2.78. The molecule has 0 bridgehead atoms. The first-order valence-electron chi connectivity index (χ1n) is 4.27. The van der Waals surface area contributed by atoms with Crippen molar-refractivity contribution in [3.05, 3.63) is 28.5 Å². The normalized spacial score (nSPS) is 12.7. The van der Waals surface area contributed by atoms with E-state index in [1.807, 2.05) is 0 Å². The number of benzene rings is 1. The van der Waals surface area contributed by atoms with Crippen LogP contribution in [0.5, 0.6) is 0 Å². The smallest absolute Gasteiger partial charge is 0.277 e. The molecule has 0 aliphatic rings. The van der Waals surface area contributed by atoms with Crippen molar-refractivity contribution in [2.45, 2.75) is 11.1 Å². The van der Waals surface area contributed by atoms with Crippen LogP contribution in [0.1, 0.15) is 0 Å². The summed E-state index contributed by atoms with van der Waals surface area (Å²) in [6.45, 7) is -1.77. The van der Waals surface area contributed by atoms with Gasteiger partial charge >= 0.3 is 6.18 Å². The largest absolute Gasteiger partial charge is 0.413 e. The molecule has 102 valence electrons. The lowest BCUT2D eigenvalue weighted by molar-refractivity contribution is -0.181. The predicted octanol–water partition coefficient (Wildman–Crippen LogP) is 2.36. The summed E-state index contributed by atoms with van der Waals surface area (Å²) >= 11 is 2.78. The van der Waals surface area contributed by atoms with Crippen molar-refractivity contribution in [1.29, 1.82) is 0 Å². The van der Waals surface area contributed by atoms with Crippen molar-refractivity contribution in [3.63, 3.8) is 0 Å². The Bertz CT molecular complexity index is 532. The molecular weight excluding hydrogens is 346 g/mol. The Hall–Kier alpha value is -0.710. The fraction of sp³-hybridized carbons (Fsp3) is 0.250. The summed E-state index contributed by atoms with van der Waals surface area (Å²) in [5.74, 6) is -0.697. The molecule has 4 nitrogen and oxygen atoms in total. The number of alkyl halides is 3. The van der Waals surface area contributed by atoms with E-state index < -0.39 is 33.5 Å². The van der Waals surface area contributed by atoms with Crippen LogP contribution in [0.4, 0.5) is 17.6 Å². The van der Waals surface area contributed by atoms with Gasteiger partial charge in [-0.15, -0.1) is 0 Å².